The highest BCUT2D eigenvalue weighted by Crippen LogP contribution is 2.34. The molecule has 1 amide bonds. The van der Waals surface area contributed by atoms with Gasteiger partial charge in [0.2, 0.25) is 11.8 Å². The summed E-state index contributed by atoms with van der Waals surface area (Å²) in [5.41, 5.74) is 3.24. The fourth-order valence-corrected chi connectivity index (χ4v) is 4.36. The maximum absolute atomic E-state index is 12.9. The number of hydrazine groups is 1. The number of carbonyl (C=O) groups excluding carboxylic acids is 1. The quantitative estimate of drug-likeness (QED) is 0.257. The van der Waals surface area contributed by atoms with Crippen molar-refractivity contribution in [3.63, 3.8) is 0 Å². The Labute approximate surface area is 210 Å². The van der Waals surface area contributed by atoms with Crippen LogP contribution in [-0.4, -0.2) is 32.6 Å². The predicted molar refractivity (Wildman–Crippen MR) is 138 cm³/mol. The lowest BCUT2D eigenvalue weighted by atomic mass is 10.1. The first-order valence-electron chi connectivity index (χ1n) is 11.8. The molecular formula is C25H32ClN7O2. The van der Waals surface area contributed by atoms with Crippen molar-refractivity contribution in [2.24, 2.45) is 5.84 Å². The van der Waals surface area contributed by atoms with Gasteiger partial charge in [0.25, 0.3) is 0 Å². The number of nitrogens with two attached hydrogens (primary N) is 1. The van der Waals surface area contributed by atoms with Gasteiger partial charge in [-0.3, -0.25) is 14.4 Å². The standard InChI is InChI=1S/C25H32ClN7O2/c1-5-6-7-24(35-4)32(27)19-10-8-18(9-11-19)16-30-22-14-21(29-31(22)13-12-23(30)34)25-20(26)15-28-33(25)17(2)3/h7-11,14-15,17H,5-6,12-13,16,27H2,1-4H3/b24-7+. The number of nitrogens with zero attached hydrogens (tertiary/aromatic N) is 6. The van der Waals surface area contributed by atoms with Gasteiger partial charge in [-0.25, -0.2) is 15.5 Å². The molecule has 4 rings (SSSR count). The van der Waals surface area contributed by atoms with Crippen LogP contribution in [0.4, 0.5) is 11.5 Å². The molecule has 0 saturated carbocycles. The van der Waals surface area contributed by atoms with Crippen LogP contribution < -0.4 is 15.8 Å². The zero-order valence-electron chi connectivity index (χ0n) is 20.6. The number of hydrogen-bond acceptors (Lipinski definition) is 6. The molecule has 0 saturated heterocycles. The van der Waals surface area contributed by atoms with Gasteiger partial charge in [0, 0.05) is 18.5 Å². The molecule has 0 aliphatic carbocycles. The first kappa shape index (κ1) is 24.8. The average Bonchev–Trinajstić information content (AvgIpc) is 3.45. The molecule has 0 fully saturated rings. The minimum atomic E-state index is 0.0566. The molecule has 1 aliphatic heterocycles. The average molecular weight is 498 g/mol. The van der Waals surface area contributed by atoms with Crippen molar-refractivity contribution in [1.29, 1.82) is 0 Å². The summed E-state index contributed by atoms with van der Waals surface area (Å²) >= 11 is 6.44. The number of methoxy groups -OCH3 is 1. The second-order valence-electron chi connectivity index (χ2n) is 8.79. The topological polar surface area (TPSA) is 94.4 Å². The Morgan fingerprint density at radius 3 is 2.71 bits per heavy atom. The van der Waals surface area contributed by atoms with E-state index >= 15 is 0 Å². The van der Waals surface area contributed by atoms with Crippen molar-refractivity contribution >= 4 is 29.0 Å². The van der Waals surface area contributed by atoms with Gasteiger partial charge in [-0.15, -0.1) is 0 Å². The number of benzene rings is 1. The Bertz CT molecular complexity index is 1210. The van der Waals surface area contributed by atoms with Crippen LogP contribution in [0, 0.1) is 0 Å². The summed E-state index contributed by atoms with van der Waals surface area (Å²) in [6.07, 6.45) is 5.88. The van der Waals surface area contributed by atoms with E-state index < -0.39 is 0 Å². The van der Waals surface area contributed by atoms with Crippen molar-refractivity contribution in [3.8, 4) is 11.4 Å². The highest BCUT2D eigenvalue weighted by molar-refractivity contribution is 6.33. The van der Waals surface area contributed by atoms with Crippen LogP contribution in [0.1, 0.15) is 51.6 Å². The van der Waals surface area contributed by atoms with Gasteiger partial charge in [-0.05, 0) is 44.0 Å². The maximum atomic E-state index is 12.9. The van der Waals surface area contributed by atoms with Crippen molar-refractivity contribution in [3.05, 3.63) is 59.1 Å². The molecule has 2 N–H and O–H groups in total. The largest absolute Gasteiger partial charge is 0.481 e. The Morgan fingerprint density at radius 2 is 2.06 bits per heavy atom. The number of allylic oxidation sites excluding steroid dienone is 1. The van der Waals surface area contributed by atoms with Gasteiger partial charge in [0.15, 0.2) is 0 Å². The normalized spacial score (nSPS) is 14.0. The van der Waals surface area contributed by atoms with Crippen LogP contribution in [0.2, 0.25) is 5.02 Å². The SMILES string of the molecule is CCC/C=C(/OC)N(N)c1ccc(CN2C(=O)CCn3nc(-c4c(Cl)cnn4C(C)C)cc32)cc1. The molecule has 0 unspecified atom stereocenters. The van der Waals surface area contributed by atoms with Gasteiger partial charge >= 0.3 is 0 Å². The van der Waals surface area contributed by atoms with E-state index in [0.717, 1.165) is 35.6 Å². The van der Waals surface area contributed by atoms with Gasteiger partial charge < -0.3 is 4.74 Å². The molecule has 9 nitrogen and oxygen atoms in total. The lowest BCUT2D eigenvalue weighted by Crippen LogP contribution is -2.37. The maximum Gasteiger partial charge on any atom is 0.230 e. The summed E-state index contributed by atoms with van der Waals surface area (Å²) in [7, 11) is 1.61. The fraction of sp³-hybridized carbons (Fsp3) is 0.400. The summed E-state index contributed by atoms with van der Waals surface area (Å²) in [6, 6.07) is 9.83. The molecule has 3 aromatic rings. The summed E-state index contributed by atoms with van der Waals surface area (Å²) in [5, 5.41) is 11.2. The number of fused-ring (bicyclic) bond motifs is 1. The summed E-state index contributed by atoms with van der Waals surface area (Å²) in [4.78, 5) is 14.7. The van der Waals surface area contributed by atoms with E-state index in [9.17, 15) is 4.79 Å². The molecule has 186 valence electrons. The van der Waals surface area contributed by atoms with Crippen LogP contribution in [0.5, 0.6) is 0 Å². The van der Waals surface area contributed by atoms with Gasteiger partial charge in [-0.2, -0.15) is 10.2 Å². The molecule has 10 heteroatoms. The van der Waals surface area contributed by atoms with Crippen LogP contribution in [0.3, 0.4) is 0 Å². The van der Waals surface area contributed by atoms with E-state index in [2.05, 4.69) is 12.0 Å². The monoisotopic (exact) mass is 497 g/mol. The van der Waals surface area contributed by atoms with Crippen LogP contribution in [0.15, 0.2) is 48.5 Å². The second kappa shape index (κ2) is 10.5. The lowest BCUT2D eigenvalue weighted by Gasteiger charge is -2.28. The molecule has 0 atom stereocenters. The first-order valence-corrected chi connectivity index (χ1v) is 12.2. The third-order valence-electron chi connectivity index (χ3n) is 5.97. The number of ether oxygens (including phenoxy) is 1. The third kappa shape index (κ3) is 5.06. The number of amides is 1. The number of anilines is 2. The van der Waals surface area contributed by atoms with E-state index in [1.54, 1.807) is 18.2 Å². The Kier molecular flexibility index (Phi) is 7.47. The smallest absolute Gasteiger partial charge is 0.230 e. The second-order valence-corrected chi connectivity index (χ2v) is 9.20. The molecular weight excluding hydrogens is 466 g/mol. The third-order valence-corrected chi connectivity index (χ3v) is 6.24. The van der Waals surface area contributed by atoms with E-state index in [1.165, 1.54) is 5.01 Å². The molecule has 0 radical (unpaired) electrons. The molecule has 35 heavy (non-hydrogen) atoms. The number of hydrogen-bond donors (Lipinski definition) is 1. The van der Waals surface area contributed by atoms with Gasteiger partial charge in [0.05, 0.1) is 37.1 Å². The van der Waals surface area contributed by atoms with E-state index in [-0.39, 0.29) is 11.9 Å². The van der Waals surface area contributed by atoms with Crippen LogP contribution in [-0.2, 0) is 22.6 Å². The number of rotatable bonds is 9. The summed E-state index contributed by atoms with van der Waals surface area (Å²) < 4.78 is 9.14. The zero-order valence-corrected chi connectivity index (χ0v) is 21.4. The van der Waals surface area contributed by atoms with E-state index in [4.69, 9.17) is 27.3 Å². The molecule has 2 aromatic heterocycles. The van der Waals surface area contributed by atoms with E-state index in [0.29, 0.717) is 36.1 Å². The number of halogens is 1. The van der Waals surface area contributed by atoms with Gasteiger partial charge in [0.1, 0.15) is 17.2 Å². The number of aryl methyl sites for hydroxylation is 1. The van der Waals surface area contributed by atoms with Crippen molar-refractivity contribution < 1.29 is 9.53 Å². The van der Waals surface area contributed by atoms with Crippen LogP contribution in [0.25, 0.3) is 11.4 Å². The molecule has 1 aliphatic rings. The zero-order chi connectivity index (χ0) is 25.1. The fourth-order valence-electron chi connectivity index (χ4n) is 4.13. The molecule has 0 spiro atoms. The number of aromatic nitrogens is 4. The Hall–Kier alpha value is -3.30. The van der Waals surface area contributed by atoms with E-state index in [1.807, 2.05) is 59.6 Å². The minimum Gasteiger partial charge on any atom is -0.481 e. The molecule has 3 heterocycles. The Morgan fingerprint density at radius 1 is 1.31 bits per heavy atom. The number of carbonyl (C=O) groups is 1. The van der Waals surface area contributed by atoms with Gasteiger partial charge in [-0.1, -0.05) is 37.1 Å². The summed E-state index contributed by atoms with van der Waals surface area (Å²) in [6.45, 7) is 7.14. The van der Waals surface area contributed by atoms with Crippen LogP contribution >= 0.6 is 11.6 Å². The highest BCUT2D eigenvalue weighted by atomic mass is 35.5. The molecule has 1 aromatic carbocycles. The molecule has 0 bridgehead atoms. The minimum absolute atomic E-state index is 0.0566. The van der Waals surface area contributed by atoms with Crippen molar-refractivity contribution in [2.75, 3.05) is 17.0 Å². The Balaban J connectivity index is 1.58. The predicted octanol–water partition coefficient (Wildman–Crippen LogP) is 4.89. The van der Waals surface area contributed by atoms with Crippen molar-refractivity contribution in [1.82, 2.24) is 19.6 Å². The lowest BCUT2D eigenvalue weighted by molar-refractivity contribution is -0.119. The first-order chi connectivity index (χ1) is 16.8. The highest BCUT2D eigenvalue weighted by Gasteiger charge is 2.28. The van der Waals surface area contributed by atoms with Crippen molar-refractivity contribution in [2.45, 2.75) is 59.2 Å². The number of unbranched alkanes of at least 4 members (excludes halogenated alkanes) is 1. The summed E-state index contributed by atoms with van der Waals surface area (Å²) in [5.74, 6) is 7.65.